The Kier molecular flexibility index (Phi) is 6.18. The number of amides is 2. The number of carbonyl (C=O) groups excluding carboxylic acids is 2. The zero-order valence-electron chi connectivity index (χ0n) is 17.3. The van der Waals surface area contributed by atoms with E-state index in [4.69, 9.17) is 0 Å². The first-order valence-electron chi connectivity index (χ1n) is 10.7. The first-order valence-corrected chi connectivity index (χ1v) is 10.7. The molecular formula is C23H26F3N3O2. The lowest BCUT2D eigenvalue weighted by Gasteiger charge is -2.39. The van der Waals surface area contributed by atoms with Crippen LogP contribution in [-0.4, -0.2) is 78.5 Å². The molecule has 0 aliphatic carbocycles. The van der Waals surface area contributed by atoms with Crippen molar-refractivity contribution in [2.75, 3.05) is 45.8 Å². The SMILES string of the molecule is O=C(c1cccc2ccccc12)N1CCCC(C(=O)N2CCN(CC(F)(F)F)CC2)C1. The van der Waals surface area contributed by atoms with Crippen molar-refractivity contribution in [1.29, 1.82) is 0 Å². The van der Waals surface area contributed by atoms with Crippen molar-refractivity contribution in [2.24, 2.45) is 5.92 Å². The molecule has 2 amide bonds. The third kappa shape index (κ3) is 5.01. The van der Waals surface area contributed by atoms with E-state index >= 15 is 0 Å². The van der Waals surface area contributed by atoms with E-state index in [0.717, 1.165) is 17.2 Å². The van der Waals surface area contributed by atoms with Crippen LogP contribution in [0.1, 0.15) is 23.2 Å². The number of halogens is 3. The summed E-state index contributed by atoms with van der Waals surface area (Å²) in [5, 5.41) is 1.89. The van der Waals surface area contributed by atoms with Gasteiger partial charge in [-0.3, -0.25) is 14.5 Å². The van der Waals surface area contributed by atoms with Crippen LogP contribution >= 0.6 is 0 Å². The molecule has 31 heavy (non-hydrogen) atoms. The summed E-state index contributed by atoms with van der Waals surface area (Å²) in [7, 11) is 0. The van der Waals surface area contributed by atoms with E-state index in [2.05, 4.69) is 0 Å². The van der Waals surface area contributed by atoms with E-state index in [-0.39, 0.29) is 30.8 Å². The van der Waals surface area contributed by atoms with Gasteiger partial charge < -0.3 is 9.80 Å². The minimum absolute atomic E-state index is 0.0536. The predicted molar refractivity (Wildman–Crippen MR) is 112 cm³/mol. The number of hydrogen-bond donors (Lipinski definition) is 0. The number of fused-ring (bicyclic) bond motifs is 1. The van der Waals surface area contributed by atoms with Gasteiger partial charge in [-0.1, -0.05) is 36.4 Å². The van der Waals surface area contributed by atoms with E-state index in [1.54, 1.807) is 9.80 Å². The molecular weight excluding hydrogens is 407 g/mol. The van der Waals surface area contributed by atoms with Crippen LogP contribution < -0.4 is 0 Å². The second-order valence-corrected chi connectivity index (χ2v) is 8.33. The fraction of sp³-hybridized carbons (Fsp3) is 0.478. The van der Waals surface area contributed by atoms with E-state index in [1.165, 1.54) is 4.90 Å². The molecule has 1 unspecified atom stereocenters. The van der Waals surface area contributed by atoms with Crippen molar-refractivity contribution in [3.05, 3.63) is 48.0 Å². The van der Waals surface area contributed by atoms with Crippen LogP contribution in [0.25, 0.3) is 10.8 Å². The van der Waals surface area contributed by atoms with E-state index in [0.29, 0.717) is 38.2 Å². The Balaban J connectivity index is 1.39. The maximum Gasteiger partial charge on any atom is 0.401 e. The monoisotopic (exact) mass is 433 g/mol. The smallest absolute Gasteiger partial charge is 0.340 e. The van der Waals surface area contributed by atoms with E-state index in [9.17, 15) is 22.8 Å². The summed E-state index contributed by atoms with van der Waals surface area (Å²) < 4.78 is 37.7. The van der Waals surface area contributed by atoms with Crippen molar-refractivity contribution in [3.8, 4) is 0 Å². The summed E-state index contributed by atoms with van der Waals surface area (Å²) in [6.07, 6.45) is -2.79. The lowest BCUT2D eigenvalue weighted by molar-refractivity contribution is -0.153. The van der Waals surface area contributed by atoms with Crippen LogP contribution in [-0.2, 0) is 4.79 Å². The van der Waals surface area contributed by atoms with Gasteiger partial charge in [0.1, 0.15) is 0 Å². The van der Waals surface area contributed by atoms with Crippen molar-refractivity contribution < 1.29 is 22.8 Å². The number of benzene rings is 2. The van der Waals surface area contributed by atoms with Crippen LogP contribution in [0.15, 0.2) is 42.5 Å². The van der Waals surface area contributed by atoms with Crippen LogP contribution in [0.2, 0.25) is 0 Å². The molecule has 2 fully saturated rings. The maximum atomic E-state index is 13.2. The molecule has 2 saturated heterocycles. The normalized spacial score (nSPS) is 20.8. The number of nitrogens with zero attached hydrogens (tertiary/aromatic N) is 3. The van der Waals surface area contributed by atoms with Crippen LogP contribution in [0.5, 0.6) is 0 Å². The van der Waals surface area contributed by atoms with Gasteiger partial charge in [-0.05, 0) is 29.7 Å². The number of hydrogen-bond acceptors (Lipinski definition) is 3. The van der Waals surface area contributed by atoms with Gasteiger partial charge in [0.15, 0.2) is 0 Å². The third-order valence-electron chi connectivity index (χ3n) is 6.16. The molecule has 0 spiro atoms. The van der Waals surface area contributed by atoms with Crippen LogP contribution in [0, 0.1) is 5.92 Å². The molecule has 166 valence electrons. The first kappa shape index (κ1) is 21.6. The van der Waals surface area contributed by atoms with Crippen molar-refractivity contribution in [2.45, 2.75) is 19.0 Å². The lowest BCUT2D eigenvalue weighted by atomic mass is 9.95. The van der Waals surface area contributed by atoms with Crippen molar-refractivity contribution in [1.82, 2.24) is 14.7 Å². The lowest BCUT2D eigenvalue weighted by Crippen LogP contribution is -2.54. The van der Waals surface area contributed by atoms with Gasteiger partial charge in [-0.15, -0.1) is 0 Å². The average molecular weight is 433 g/mol. The second-order valence-electron chi connectivity index (χ2n) is 8.33. The Morgan fingerprint density at radius 1 is 0.903 bits per heavy atom. The fourth-order valence-electron chi connectivity index (χ4n) is 4.58. The van der Waals surface area contributed by atoms with Crippen LogP contribution in [0.3, 0.4) is 0 Å². The molecule has 2 aromatic carbocycles. The Morgan fingerprint density at radius 3 is 2.35 bits per heavy atom. The number of carbonyl (C=O) groups is 2. The van der Waals surface area contributed by atoms with E-state index in [1.807, 2.05) is 42.5 Å². The molecule has 0 bridgehead atoms. The molecule has 0 aromatic heterocycles. The molecule has 4 rings (SSSR count). The summed E-state index contributed by atoms with van der Waals surface area (Å²) in [6.45, 7) is 1.04. The van der Waals surface area contributed by atoms with Gasteiger partial charge >= 0.3 is 6.18 Å². The number of piperazine rings is 1. The Morgan fingerprint density at radius 2 is 1.61 bits per heavy atom. The van der Waals surface area contributed by atoms with Crippen LogP contribution in [0.4, 0.5) is 13.2 Å². The second kappa shape index (κ2) is 8.86. The Hall–Kier alpha value is -2.61. The molecule has 2 heterocycles. The molecule has 2 aliphatic heterocycles. The number of likely N-dealkylation sites (tertiary alicyclic amines) is 1. The molecule has 5 nitrogen and oxygen atoms in total. The fourth-order valence-corrected chi connectivity index (χ4v) is 4.58. The summed E-state index contributed by atoms with van der Waals surface area (Å²) in [5.74, 6) is -0.437. The molecule has 2 aliphatic rings. The molecule has 2 aromatic rings. The van der Waals surface area contributed by atoms with Gasteiger partial charge in [0.2, 0.25) is 5.91 Å². The molecule has 8 heteroatoms. The van der Waals surface area contributed by atoms with Gasteiger partial charge in [0, 0.05) is 44.8 Å². The summed E-state index contributed by atoms with van der Waals surface area (Å²) in [4.78, 5) is 31.0. The van der Waals surface area contributed by atoms with Gasteiger partial charge in [0.05, 0.1) is 12.5 Å². The summed E-state index contributed by atoms with van der Waals surface area (Å²) >= 11 is 0. The highest BCUT2D eigenvalue weighted by atomic mass is 19.4. The van der Waals surface area contributed by atoms with Gasteiger partial charge in [-0.2, -0.15) is 13.2 Å². The Bertz CT molecular complexity index is 949. The van der Waals surface area contributed by atoms with E-state index < -0.39 is 12.7 Å². The third-order valence-corrected chi connectivity index (χ3v) is 6.16. The first-order chi connectivity index (χ1) is 14.8. The zero-order valence-corrected chi connectivity index (χ0v) is 17.3. The van der Waals surface area contributed by atoms with Crippen molar-refractivity contribution >= 4 is 22.6 Å². The maximum absolute atomic E-state index is 13.2. The highest BCUT2D eigenvalue weighted by molar-refractivity contribution is 6.07. The highest BCUT2D eigenvalue weighted by Gasteiger charge is 2.36. The van der Waals surface area contributed by atoms with Crippen molar-refractivity contribution in [3.63, 3.8) is 0 Å². The summed E-state index contributed by atoms with van der Waals surface area (Å²) in [5.41, 5.74) is 0.631. The molecule has 0 saturated carbocycles. The number of alkyl halides is 3. The topological polar surface area (TPSA) is 43.9 Å². The number of rotatable bonds is 3. The molecule has 0 radical (unpaired) electrons. The zero-order chi connectivity index (χ0) is 22.0. The predicted octanol–water partition coefficient (Wildman–Crippen LogP) is 3.40. The minimum atomic E-state index is -4.22. The highest BCUT2D eigenvalue weighted by Crippen LogP contribution is 2.25. The number of piperidine rings is 1. The Labute approximate surface area is 179 Å². The average Bonchev–Trinajstić information content (AvgIpc) is 2.77. The standard InChI is InChI=1S/C23H26F3N3O2/c24-23(25,26)16-27-11-13-28(14-12-27)21(30)18-7-4-10-29(15-18)22(31)20-9-3-6-17-5-1-2-8-19(17)20/h1-3,5-6,8-9,18H,4,7,10-16H2. The van der Waals surface area contributed by atoms with Gasteiger partial charge in [-0.25, -0.2) is 0 Å². The minimum Gasteiger partial charge on any atom is -0.340 e. The molecule has 1 atom stereocenters. The quantitative estimate of drug-likeness (QED) is 0.745. The molecule has 0 N–H and O–H groups in total. The summed E-state index contributed by atoms with van der Waals surface area (Å²) in [6, 6.07) is 13.4. The largest absolute Gasteiger partial charge is 0.401 e. The van der Waals surface area contributed by atoms with Gasteiger partial charge in [0.25, 0.3) is 5.91 Å².